The number of nitrogens with zero attached hydrogens (tertiary/aromatic N) is 3. The van der Waals surface area contributed by atoms with E-state index in [2.05, 4.69) is 15.0 Å². The second-order valence-electron chi connectivity index (χ2n) is 3.41. The van der Waals surface area contributed by atoms with Crippen molar-refractivity contribution in [2.75, 3.05) is 25.2 Å². The van der Waals surface area contributed by atoms with Crippen LogP contribution in [-0.2, 0) is 4.74 Å². The Morgan fingerprint density at radius 1 is 1.50 bits per heavy atom. The van der Waals surface area contributed by atoms with Gasteiger partial charge in [-0.3, -0.25) is 0 Å². The fourth-order valence-corrected chi connectivity index (χ4v) is 2.35. The van der Waals surface area contributed by atoms with Gasteiger partial charge in [-0.1, -0.05) is 11.8 Å². The van der Waals surface area contributed by atoms with Crippen LogP contribution in [0.25, 0.3) is 0 Å². The van der Waals surface area contributed by atoms with Crippen LogP contribution in [0, 0.1) is 0 Å². The van der Waals surface area contributed by atoms with Gasteiger partial charge in [-0.05, 0) is 12.8 Å². The number of methoxy groups -OCH3 is 1. The minimum absolute atomic E-state index is 0.182. The van der Waals surface area contributed by atoms with Crippen LogP contribution in [0.3, 0.4) is 0 Å². The van der Waals surface area contributed by atoms with E-state index >= 15 is 0 Å². The first-order chi connectivity index (χ1) is 7.78. The fraction of sp³-hybridized carbons (Fsp3) is 0.667. The molecule has 1 atom stereocenters. The number of hydrogen-bond acceptors (Lipinski definition) is 7. The maximum absolute atomic E-state index is 5.53. The number of hydrogen-bond donors (Lipinski definition) is 1. The number of rotatable bonds is 4. The number of thioether (sulfide) groups is 1. The first kappa shape index (κ1) is 11.4. The molecule has 1 aliphatic heterocycles. The Hall–Kier alpha value is -1.08. The summed E-state index contributed by atoms with van der Waals surface area (Å²) in [5.74, 6) is 1.02. The van der Waals surface area contributed by atoms with Gasteiger partial charge in [0.25, 0.3) is 0 Å². The third-order valence-corrected chi connectivity index (χ3v) is 3.20. The summed E-state index contributed by atoms with van der Waals surface area (Å²) in [6, 6.07) is 0.252. The van der Waals surface area contributed by atoms with E-state index in [1.807, 2.05) is 0 Å². The van der Waals surface area contributed by atoms with Gasteiger partial charge in [-0.15, -0.1) is 0 Å². The molecule has 0 aromatic carbocycles. The highest BCUT2D eigenvalue weighted by Crippen LogP contribution is 2.22. The molecule has 0 amide bonds. The predicted molar refractivity (Wildman–Crippen MR) is 60.5 cm³/mol. The number of nitrogens with two attached hydrogens (primary N) is 1. The molecule has 88 valence electrons. The van der Waals surface area contributed by atoms with Crippen molar-refractivity contribution in [3.8, 4) is 6.01 Å². The molecule has 0 bridgehead atoms. The first-order valence-electron chi connectivity index (χ1n) is 5.08. The summed E-state index contributed by atoms with van der Waals surface area (Å²) in [7, 11) is 1.50. The van der Waals surface area contributed by atoms with E-state index in [1.54, 1.807) is 0 Å². The summed E-state index contributed by atoms with van der Waals surface area (Å²) in [5, 5.41) is 0.583. The fourth-order valence-electron chi connectivity index (χ4n) is 1.45. The molecule has 0 radical (unpaired) electrons. The zero-order valence-electron chi connectivity index (χ0n) is 9.05. The number of anilines is 1. The van der Waals surface area contributed by atoms with Crippen LogP contribution >= 0.6 is 11.8 Å². The van der Waals surface area contributed by atoms with Crippen molar-refractivity contribution in [1.29, 1.82) is 0 Å². The smallest absolute Gasteiger partial charge is 0.321 e. The molecule has 1 aromatic heterocycles. The summed E-state index contributed by atoms with van der Waals surface area (Å²) in [6.07, 6.45) is 2.53. The van der Waals surface area contributed by atoms with Crippen molar-refractivity contribution in [1.82, 2.24) is 15.0 Å². The SMILES string of the molecule is COc1nc(N)nc(SCC2CCCO2)n1. The Bertz CT molecular complexity index is 357. The third-order valence-electron chi connectivity index (χ3n) is 2.22. The molecule has 6 nitrogen and oxygen atoms in total. The van der Waals surface area contributed by atoms with Gasteiger partial charge in [0.1, 0.15) is 0 Å². The molecule has 7 heteroatoms. The van der Waals surface area contributed by atoms with E-state index in [0.29, 0.717) is 11.3 Å². The molecule has 2 N–H and O–H groups in total. The van der Waals surface area contributed by atoms with Crippen LogP contribution in [0.5, 0.6) is 6.01 Å². The molecule has 2 heterocycles. The van der Waals surface area contributed by atoms with Gasteiger partial charge in [0.2, 0.25) is 5.95 Å². The van der Waals surface area contributed by atoms with Crippen LogP contribution < -0.4 is 10.5 Å². The lowest BCUT2D eigenvalue weighted by Gasteiger charge is -2.08. The quantitative estimate of drug-likeness (QED) is 0.779. The highest BCUT2D eigenvalue weighted by atomic mass is 32.2. The topological polar surface area (TPSA) is 83.2 Å². The Balaban J connectivity index is 1.94. The van der Waals surface area contributed by atoms with E-state index in [9.17, 15) is 0 Å². The number of nitrogen functional groups attached to an aromatic ring is 1. The largest absolute Gasteiger partial charge is 0.467 e. The second kappa shape index (κ2) is 5.31. The lowest BCUT2D eigenvalue weighted by molar-refractivity contribution is 0.129. The molecular weight excluding hydrogens is 228 g/mol. The maximum Gasteiger partial charge on any atom is 0.321 e. The average Bonchev–Trinajstić information content (AvgIpc) is 2.78. The minimum atomic E-state index is 0.182. The van der Waals surface area contributed by atoms with Crippen LogP contribution in [0.1, 0.15) is 12.8 Å². The molecule has 0 spiro atoms. The van der Waals surface area contributed by atoms with E-state index in [4.69, 9.17) is 15.2 Å². The van der Waals surface area contributed by atoms with E-state index < -0.39 is 0 Å². The Morgan fingerprint density at radius 2 is 2.38 bits per heavy atom. The van der Waals surface area contributed by atoms with Crippen molar-refractivity contribution in [3.05, 3.63) is 0 Å². The van der Waals surface area contributed by atoms with Crippen molar-refractivity contribution in [3.63, 3.8) is 0 Å². The van der Waals surface area contributed by atoms with Gasteiger partial charge in [0.15, 0.2) is 5.16 Å². The Labute approximate surface area is 98.0 Å². The van der Waals surface area contributed by atoms with E-state index in [1.165, 1.54) is 18.9 Å². The standard InChI is InChI=1S/C9H14N4O2S/c1-14-8-11-7(10)12-9(13-8)16-5-6-3-2-4-15-6/h6H,2-5H2,1H3,(H2,10,11,12,13). The van der Waals surface area contributed by atoms with E-state index in [0.717, 1.165) is 25.2 Å². The van der Waals surface area contributed by atoms with Crippen molar-refractivity contribution < 1.29 is 9.47 Å². The molecule has 1 aliphatic rings. The van der Waals surface area contributed by atoms with Crippen LogP contribution in [0.4, 0.5) is 5.95 Å². The summed E-state index contributed by atoms with van der Waals surface area (Å²) < 4.78 is 10.4. The van der Waals surface area contributed by atoms with Gasteiger partial charge in [-0.25, -0.2) is 0 Å². The normalized spacial score (nSPS) is 19.9. The number of aromatic nitrogens is 3. The molecule has 1 saturated heterocycles. The Kier molecular flexibility index (Phi) is 3.79. The summed E-state index contributed by atoms with van der Waals surface area (Å²) >= 11 is 1.51. The summed E-state index contributed by atoms with van der Waals surface area (Å²) in [4.78, 5) is 11.9. The van der Waals surface area contributed by atoms with Crippen molar-refractivity contribution >= 4 is 17.7 Å². The second-order valence-corrected chi connectivity index (χ2v) is 4.40. The van der Waals surface area contributed by atoms with Crippen LogP contribution in [0.15, 0.2) is 5.16 Å². The van der Waals surface area contributed by atoms with Crippen molar-refractivity contribution in [2.45, 2.75) is 24.1 Å². The zero-order valence-corrected chi connectivity index (χ0v) is 9.87. The molecular formula is C9H14N4O2S. The average molecular weight is 242 g/mol. The maximum atomic E-state index is 5.53. The van der Waals surface area contributed by atoms with Gasteiger partial charge < -0.3 is 15.2 Å². The molecule has 1 unspecified atom stereocenters. The highest BCUT2D eigenvalue weighted by molar-refractivity contribution is 7.99. The zero-order chi connectivity index (χ0) is 11.4. The Morgan fingerprint density at radius 3 is 3.06 bits per heavy atom. The lowest BCUT2D eigenvalue weighted by atomic mass is 10.3. The lowest BCUT2D eigenvalue weighted by Crippen LogP contribution is -2.09. The summed E-state index contributed by atoms with van der Waals surface area (Å²) in [5.41, 5.74) is 5.53. The van der Waals surface area contributed by atoms with Crippen LogP contribution in [0.2, 0.25) is 0 Å². The summed E-state index contributed by atoms with van der Waals surface area (Å²) in [6.45, 7) is 0.855. The predicted octanol–water partition coefficient (Wildman–Crippen LogP) is 0.733. The van der Waals surface area contributed by atoms with Gasteiger partial charge >= 0.3 is 6.01 Å². The van der Waals surface area contributed by atoms with Gasteiger partial charge in [0, 0.05) is 12.4 Å². The molecule has 1 fully saturated rings. The highest BCUT2D eigenvalue weighted by Gasteiger charge is 2.16. The van der Waals surface area contributed by atoms with Crippen molar-refractivity contribution in [2.24, 2.45) is 0 Å². The molecule has 0 aliphatic carbocycles. The van der Waals surface area contributed by atoms with Crippen LogP contribution in [-0.4, -0.2) is 40.5 Å². The molecule has 0 saturated carbocycles. The van der Waals surface area contributed by atoms with E-state index in [-0.39, 0.29) is 12.0 Å². The van der Waals surface area contributed by atoms with Gasteiger partial charge in [-0.2, -0.15) is 15.0 Å². The van der Waals surface area contributed by atoms with Gasteiger partial charge in [0.05, 0.1) is 13.2 Å². The molecule has 1 aromatic rings. The molecule has 2 rings (SSSR count). The molecule has 16 heavy (non-hydrogen) atoms. The number of ether oxygens (including phenoxy) is 2. The minimum Gasteiger partial charge on any atom is -0.467 e. The third kappa shape index (κ3) is 2.96. The monoisotopic (exact) mass is 242 g/mol. The first-order valence-corrected chi connectivity index (χ1v) is 6.06.